The second-order valence-electron chi connectivity index (χ2n) is 7.19. The molecule has 0 aliphatic carbocycles. The SMILES string of the molecule is [O-][N+]1(Cc2ccco2)Cc2ccccc2OC(c2cccc3c2OC(F)(F)O3)C1. The van der Waals surface area contributed by atoms with Gasteiger partial charge in [0.1, 0.15) is 25.4 Å². The van der Waals surface area contributed by atoms with Crippen molar-refractivity contribution in [1.29, 1.82) is 0 Å². The van der Waals surface area contributed by atoms with Gasteiger partial charge >= 0.3 is 6.29 Å². The number of hydrogen-bond donors (Lipinski definition) is 0. The van der Waals surface area contributed by atoms with E-state index in [4.69, 9.17) is 13.9 Å². The predicted molar refractivity (Wildman–Crippen MR) is 97.1 cm³/mol. The van der Waals surface area contributed by atoms with Gasteiger partial charge < -0.3 is 28.5 Å². The van der Waals surface area contributed by atoms with E-state index < -0.39 is 17.0 Å². The van der Waals surface area contributed by atoms with Crippen LogP contribution >= 0.6 is 0 Å². The fourth-order valence-electron chi connectivity index (χ4n) is 3.83. The van der Waals surface area contributed by atoms with Crippen molar-refractivity contribution in [3.05, 3.63) is 83.0 Å². The van der Waals surface area contributed by atoms with Crippen molar-refractivity contribution in [2.45, 2.75) is 25.5 Å². The molecule has 0 fully saturated rings. The molecule has 2 aliphatic rings. The molecule has 2 unspecified atom stereocenters. The molecule has 2 aromatic carbocycles. The summed E-state index contributed by atoms with van der Waals surface area (Å²) >= 11 is 0. The zero-order valence-electron chi connectivity index (χ0n) is 15.2. The lowest BCUT2D eigenvalue weighted by Crippen LogP contribution is -2.43. The van der Waals surface area contributed by atoms with Crippen LogP contribution in [0, 0.1) is 5.21 Å². The van der Waals surface area contributed by atoms with Crippen LogP contribution < -0.4 is 14.2 Å². The molecule has 3 aromatic rings. The summed E-state index contributed by atoms with van der Waals surface area (Å²) in [5, 5.41) is 13.8. The Bertz CT molecular complexity index is 1040. The zero-order chi connectivity index (χ0) is 20.1. The van der Waals surface area contributed by atoms with E-state index in [2.05, 4.69) is 4.74 Å². The van der Waals surface area contributed by atoms with Gasteiger partial charge in [0.25, 0.3) is 0 Å². The lowest BCUT2D eigenvalue weighted by Gasteiger charge is -2.42. The first-order valence-electron chi connectivity index (χ1n) is 9.14. The minimum Gasteiger partial charge on any atom is -0.632 e. The Kier molecular flexibility index (Phi) is 4.01. The molecule has 2 atom stereocenters. The monoisotopic (exact) mass is 401 g/mol. The van der Waals surface area contributed by atoms with E-state index in [0.29, 0.717) is 17.1 Å². The number of para-hydroxylation sites is 2. The highest BCUT2D eigenvalue weighted by atomic mass is 19.3. The second kappa shape index (κ2) is 6.47. The highest BCUT2D eigenvalue weighted by Crippen LogP contribution is 2.47. The smallest absolute Gasteiger partial charge is 0.586 e. The lowest BCUT2D eigenvalue weighted by atomic mass is 10.1. The van der Waals surface area contributed by atoms with Gasteiger partial charge in [-0.15, -0.1) is 8.78 Å². The average Bonchev–Trinajstić information content (AvgIpc) is 3.23. The number of hydrogen-bond acceptors (Lipinski definition) is 5. The molecule has 0 radical (unpaired) electrons. The number of nitrogens with zero attached hydrogens (tertiary/aromatic N) is 1. The van der Waals surface area contributed by atoms with Gasteiger partial charge in [0.15, 0.2) is 23.4 Å². The fraction of sp³-hybridized carbons (Fsp3) is 0.238. The second-order valence-corrected chi connectivity index (χ2v) is 7.19. The molecule has 6 nitrogen and oxygen atoms in total. The Balaban J connectivity index is 1.56. The van der Waals surface area contributed by atoms with Crippen LogP contribution in [0.1, 0.15) is 23.0 Å². The molecule has 0 saturated carbocycles. The van der Waals surface area contributed by atoms with E-state index in [-0.39, 0.29) is 31.1 Å². The van der Waals surface area contributed by atoms with Crippen molar-refractivity contribution in [2.75, 3.05) is 6.54 Å². The Hall–Kier alpha value is -3.10. The standard InChI is InChI=1S/C21H17F2NO5/c22-21(23)28-18-9-3-7-16(20(18)29-21)19-13-24(25,12-15-6-4-10-26-15)11-14-5-1-2-8-17(14)27-19/h1-10,19H,11-13H2. The summed E-state index contributed by atoms with van der Waals surface area (Å²) in [4.78, 5) is 0. The molecule has 2 aliphatic heterocycles. The number of ether oxygens (including phenoxy) is 3. The van der Waals surface area contributed by atoms with E-state index in [1.165, 1.54) is 12.3 Å². The van der Waals surface area contributed by atoms with Crippen molar-refractivity contribution in [2.24, 2.45) is 0 Å². The molecule has 29 heavy (non-hydrogen) atoms. The van der Waals surface area contributed by atoms with Crippen molar-refractivity contribution < 1.29 is 32.1 Å². The third-order valence-electron chi connectivity index (χ3n) is 5.03. The highest BCUT2D eigenvalue weighted by Gasteiger charge is 2.46. The predicted octanol–water partition coefficient (Wildman–Crippen LogP) is 4.75. The van der Waals surface area contributed by atoms with Gasteiger partial charge in [-0.3, -0.25) is 0 Å². The molecule has 0 N–H and O–H groups in total. The van der Waals surface area contributed by atoms with Crippen LogP contribution in [0.5, 0.6) is 17.2 Å². The summed E-state index contributed by atoms with van der Waals surface area (Å²) in [5.41, 5.74) is 1.08. The van der Waals surface area contributed by atoms with Gasteiger partial charge in [0, 0.05) is 11.1 Å². The highest BCUT2D eigenvalue weighted by molar-refractivity contribution is 5.50. The van der Waals surface area contributed by atoms with Crippen molar-refractivity contribution >= 4 is 0 Å². The first kappa shape index (κ1) is 18.0. The van der Waals surface area contributed by atoms with Crippen LogP contribution in [0.25, 0.3) is 0 Å². The number of hydroxylamine groups is 3. The van der Waals surface area contributed by atoms with Crippen LogP contribution in [0.2, 0.25) is 0 Å². The zero-order valence-corrected chi connectivity index (χ0v) is 15.2. The Labute approximate surface area is 165 Å². The van der Waals surface area contributed by atoms with Gasteiger partial charge in [-0.05, 0) is 30.3 Å². The average molecular weight is 401 g/mol. The van der Waals surface area contributed by atoms with E-state index in [1.54, 1.807) is 36.4 Å². The Morgan fingerprint density at radius 3 is 2.66 bits per heavy atom. The van der Waals surface area contributed by atoms with Gasteiger partial charge in [0.05, 0.1) is 6.26 Å². The molecule has 8 heteroatoms. The molecule has 1 aromatic heterocycles. The first-order chi connectivity index (χ1) is 13.9. The van der Waals surface area contributed by atoms with Crippen LogP contribution in [0.3, 0.4) is 0 Å². The fourth-order valence-corrected chi connectivity index (χ4v) is 3.83. The molecule has 3 heterocycles. The number of halogens is 2. The lowest BCUT2D eigenvalue weighted by molar-refractivity contribution is -0.910. The van der Waals surface area contributed by atoms with Crippen LogP contribution in [-0.2, 0) is 13.1 Å². The Morgan fingerprint density at radius 1 is 1.00 bits per heavy atom. The van der Waals surface area contributed by atoms with Gasteiger partial charge in [-0.25, -0.2) is 0 Å². The van der Waals surface area contributed by atoms with E-state index >= 15 is 0 Å². The summed E-state index contributed by atoms with van der Waals surface area (Å²) in [6.07, 6.45) is -3.05. The summed E-state index contributed by atoms with van der Waals surface area (Å²) < 4.78 is 47.4. The molecular formula is C21H17F2NO5. The normalized spacial score (nSPS) is 24.4. The van der Waals surface area contributed by atoms with Crippen LogP contribution in [-0.4, -0.2) is 17.5 Å². The molecule has 0 spiro atoms. The van der Waals surface area contributed by atoms with Gasteiger partial charge in [0.2, 0.25) is 0 Å². The third-order valence-corrected chi connectivity index (χ3v) is 5.03. The van der Waals surface area contributed by atoms with E-state index in [1.807, 2.05) is 12.1 Å². The molecule has 0 amide bonds. The van der Waals surface area contributed by atoms with Gasteiger partial charge in [-0.2, -0.15) is 0 Å². The van der Waals surface area contributed by atoms with Crippen molar-refractivity contribution in [3.63, 3.8) is 0 Å². The van der Waals surface area contributed by atoms with Crippen LogP contribution in [0.4, 0.5) is 8.78 Å². The summed E-state index contributed by atoms with van der Waals surface area (Å²) in [6, 6.07) is 15.3. The van der Waals surface area contributed by atoms with E-state index in [0.717, 1.165) is 5.56 Å². The molecule has 0 saturated heterocycles. The van der Waals surface area contributed by atoms with E-state index in [9.17, 15) is 14.0 Å². The minimum absolute atomic E-state index is 0.0131. The molecule has 0 bridgehead atoms. The maximum Gasteiger partial charge on any atom is 0.586 e. The number of quaternary nitrogens is 1. The van der Waals surface area contributed by atoms with Crippen molar-refractivity contribution in [1.82, 2.24) is 0 Å². The number of furan rings is 1. The topological polar surface area (TPSA) is 63.9 Å². The minimum atomic E-state index is -3.75. The van der Waals surface area contributed by atoms with Crippen molar-refractivity contribution in [3.8, 4) is 17.2 Å². The number of alkyl halides is 2. The Morgan fingerprint density at radius 2 is 1.83 bits per heavy atom. The summed E-state index contributed by atoms with van der Waals surface area (Å²) in [7, 11) is 0. The van der Waals surface area contributed by atoms with Gasteiger partial charge in [-0.1, -0.05) is 24.3 Å². The number of rotatable bonds is 3. The first-order valence-corrected chi connectivity index (χ1v) is 9.14. The maximum absolute atomic E-state index is 13.8. The summed E-state index contributed by atoms with van der Waals surface area (Å²) in [5.74, 6) is 0.897. The quantitative estimate of drug-likeness (QED) is 0.468. The molecule has 150 valence electrons. The van der Waals surface area contributed by atoms with Crippen LogP contribution in [0.15, 0.2) is 65.3 Å². The number of benzene rings is 2. The molecular weight excluding hydrogens is 384 g/mol. The maximum atomic E-state index is 13.8. The summed E-state index contributed by atoms with van der Waals surface area (Å²) in [6.45, 7) is 0.237. The third kappa shape index (κ3) is 3.41. The molecule has 5 rings (SSSR count). The number of fused-ring (bicyclic) bond motifs is 2. The largest absolute Gasteiger partial charge is 0.632 e.